The lowest BCUT2D eigenvalue weighted by Gasteiger charge is -2.32. The second kappa shape index (κ2) is 6.64. The quantitative estimate of drug-likeness (QED) is 0.928. The standard InChI is InChI=1S/C14H16Cl2N6/c1-21-5-7-22(8-6-21)12-9-17-20-14(19-12)18-11-4-2-3-10(15)13(11)16/h2-4,9H,5-8H2,1H3,(H,18,19,20). The number of rotatable bonds is 3. The highest BCUT2D eigenvalue weighted by Crippen LogP contribution is 2.31. The van der Waals surface area contributed by atoms with Crippen molar-refractivity contribution in [2.45, 2.75) is 0 Å². The lowest BCUT2D eigenvalue weighted by Crippen LogP contribution is -2.44. The molecule has 1 aliphatic heterocycles. The Kier molecular flexibility index (Phi) is 4.61. The molecule has 1 fully saturated rings. The molecular formula is C14H16Cl2N6. The Hall–Kier alpha value is -1.63. The van der Waals surface area contributed by atoms with Crippen LogP contribution in [-0.4, -0.2) is 53.3 Å². The van der Waals surface area contributed by atoms with Gasteiger partial charge in [0.05, 0.1) is 21.9 Å². The fourth-order valence-electron chi connectivity index (χ4n) is 2.26. The highest BCUT2D eigenvalue weighted by Gasteiger charge is 2.16. The Balaban J connectivity index is 1.78. The number of nitrogens with one attached hydrogen (secondary N) is 1. The van der Waals surface area contributed by atoms with Gasteiger partial charge in [-0.1, -0.05) is 29.3 Å². The van der Waals surface area contributed by atoms with Crippen molar-refractivity contribution in [1.82, 2.24) is 20.1 Å². The van der Waals surface area contributed by atoms with Gasteiger partial charge in [0.1, 0.15) is 0 Å². The van der Waals surface area contributed by atoms with Crippen molar-refractivity contribution < 1.29 is 0 Å². The summed E-state index contributed by atoms with van der Waals surface area (Å²) in [5.41, 5.74) is 0.659. The SMILES string of the molecule is CN1CCN(c2cnnc(Nc3cccc(Cl)c3Cl)n2)CC1. The molecule has 2 aromatic rings. The molecule has 0 atom stereocenters. The average Bonchev–Trinajstić information content (AvgIpc) is 2.53. The molecule has 22 heavy (non-hydrogen) atoms. The smallest absolute Gasteiger partial charge is 0.249 e. The zero-order chi connectivity index (χ0) is 15.5. The molecule has 0 spiro atoms. The van der Waals surface area contributed by atoms with Gasteiger partial charge in [-0.3, -0.25) is 0 Å². The third-order valence-corrected chi connectivity index (χ3v) is 4.39. The third-order valence-electron chi connectivity index (χ3n) is 3.57. The van der Waals surface area contributed by atoms with E-state index in [2.05, 4.69) is 37.3 Å². The maximum Gasteiger partial charge on any atom is 0.249 e. The zero-order valence-electron chi connectivity index (χ0n) is 12.1. The maximum atomic E-state index is 6.16. The van der Waals surface area contributed by atoms with Crippen LogP contribution in [0.5, 0.6) is 0 Å². The molecule has 1 N–H and O–H groups in total. The van der Waals surface area contributed by atoms with Crippen molar-refractivity contribution >= 4 is 40.7 Å². The van der Waals surface area contributed by atoms with Gasteiger partial charge in [-0.25, -0.2) is 0 Å². The number of aromatic nitrogens is 3. The summed E-state index contributed by atoms with van der Waals surface area (Å²) in [7, 11) is 2.11. The highest BCUT2D eigenvalue weighted by molar-refractivity contribution is 6.43. The normalized spacial score (nSPS) is 15.9. The van der Waals surface area contributed by atoms with E-state index < -0.39 is 0 Å². The minimum atomic E-state index is 0.403. The molecule has 0 aliphatic carbocycles. The Bertz CT molecular complexity index is 658. The summed E-state index contributed by atoms with van der Waals surface area (Å²) in [6.45, 7) is 3.86. The lowest BCUT2D eigenvalue weighted by atomic mass is 10.3. The fraction of sp³-hybridized carbons (Fsp3) is 0.357. The fourth-order valence-corrected chi connectivity index (χ4v) is 2.60. The second-order valence-electron chi connectivity index (χ2n) is 5.15. The van der Waals surface area contributed by atoms with E-state index in [0.717, 1.165) is 32.0 Å². The topological polar surface area (TPSA) is 57.2 Å². The number of likely N-dealkylation sites (N-methyl/N-ethyl adjacent to an activating group) is 1. The molecular weight excluding hydrogens is 323 g/mol. The van der Waals surface area contributed by atoms with Crippen molar-refractivity contribution in [1.29, 1.82) is 0 Å². The van der Waals surface area contributed by atoms with E-state index in [4.69, 9.17) is 23.2 Å². The first-order valence-corrected chi connectivity index (χ1v) is 7.73. The molecule has 1 saturated heterocycles. The van der Waals surface area contributed by atoms with E-state index in [1.165, 1.54) is 0 Å². The Morgan fingerprint density at radius 1 is 1.14 bits per heavy atom. The van der Waals surface area contributed by atoms with Gasteiger partial charge in [-0.2, -0.15) is 10.1 Å². The molecule has 0 amide bonds. The van der Waals surface area contributed by atoms with E-state index in [0.29, 0.717) is 21.7 Å². The summed E-state index contributed by atoms with van der Waals surface area (Å²) in [6, 6.07) is 5.36. The largest absolute Gasteiger partial charge is 0.353 e. The van der Waals surface area contributed by atoms with Crippen LogP contribution in [0.4, 0.5) is 17.5 Å². The number of benzene rings is 1. The molecule has 1 aromatic heterocycles. The number of piperazine rings is 1. The Morgan fingerprint density at radius 2 is 1.91 bits per heavy atom. The molecule has 8 heteroatoms. The average molecular weight is 339 g/mol. The van der Waals surface area contributed by atoms with E-state index >= 15 is 0 Å². The van der Waals surface area contributed by atoms with Crippen LogP contribution in [0.15, 0.2) is 24.4 Å². The predicted octanol–water partition coefficient (Wildman–Crippen LogP) is 2.67. The van der Waals surface area contributed by atoms with Crippen LogP contribution in [0.25, 0.3) is 0 Å². The van der Waals surface area contributed by atoms with Gasteiger partial charge >= 0.3 is 0 Å². The van der Waals surface area contributed by atoms with E-state index in [9.17, 15) is 0 Å². The first-order chi connectivity index (χ1) is 10.6. The van der Waals surface area contributed by atoms with Crippen LogP contribution in [0, 0.1) is 0 Å². The van der Waals surface area contributed by atoms with Crippen molar-refractivity contribution in [3.05, 3.63) is 34.4 Å². The molecule has 116 valence electrons. The Labute approximate surface area is 139 Å². The van der Waals surface area contributed by atoms with Gasteiger partial charge < -0.3 is 15.1 Å². The minimum absolute atomic E-state index is 0.403. The summed E-state index contributed by atoms with van der Waals surface area (Å²) in [6.07, 6.45) is 1.68. The summed E-state index contributed by atoms with van der Waals surface area (Å²) in [5, 5.41) is 12.0. The van der Waals surface area contributed by atoms with E-state index in [1.54, 1.807) is 12.3 Å². The first-order valence-electron chi connectivity index (χ1n) is 6.98. The van der Waals surface area contributed by atoms with E-state index in [1.807, 2.05) is 12.1 Å². The summed E-state index contributed by atoms with van der Waals surface area (Å²) in [5.74, 6) is 1.21. The number of hydrogen-bond acceptors (Lipinski definition) is 6. The Morgan fingerprint density at radius 3 is 2.68 bits per heavy atom. The molecule has 6 nitrogen and oxygen atoms in total. The maximum absolute atomic E-state index is 6.16. The second-order valence-corrected chi connectivity index (χ2v) is 5.94. The third kappa shape index (κ3) is 3.40. The molecule has 1 aliphatic rings. The summed E-state index contributed by atoms with van der Waals surface area (Å²) < 4.78 is 0. The molecule has 0 bridgehead atoms. The number of anilines is 3. The number of halogens is 2. The van der Waals surface area contributed by atoms with Gasteiger partial charge in [-0.15, -0.1) is 5.10 Å². The van der Waals surface area contributed by atoms with Crippen molar-refractivity contribution in [2.75, 3.05) is 43.4 Å². The van der Waals surface area contributed by atoms with Crippen LogP contribution in [0.1, 0.15) is 0 Å². The summed E-state index contributed by atoms with van der Waals surface area (Å²) in [4.78, 5) is 8.99. The molecule has 0 radical (unpaired) electrons. The van der Waals surface area contributed by atoms with Gasteiger partial charge in [-0.05, 0) is 19.2 Å². The van der Waals surface area contributed by atoms with Crippen LogP contribution >= 0.6 is 23.2 Å². The van der Waals surface area contributed by atoms with Gasteiger partial charge in [0, 0.05) is 26.2 Å². The van der Waals surface area contributed by atoms with Crippen LogP contribution < -0.4 is 10.2 Å². The number of nitrogens with zero attached hydrogens (tertiary/aromatic N) is 5. The van der Waals surface area contributed by atoms with Crippen LogP contribution in [0.2, 0.25) is 10.0 Å². The van der Waals surface area contributed by atoms with Crippen molar-refractivity contribution in [3.63, 3.8) is 0 Å². The van der Waals surface area contributed by atoms with Crippen molar-refractivity contribution in [3.8, 4) is 0 Å². The first kappa shape index (κ1) is 15.3. The van der Waals surface area contributed by atoms with E-state index in [-0.39, 0.29) is 0 Å². The molecule has 1 aromatic carbocycles. The van der Waals surface area contributed by atoms with Gasteiger partial charge in [0.25, 0.3) is 0 Å². The monoisotopic (exact) mass is 338 g/mol. The molecule has 2 heterocycles. The van der Waals surface area contributed by atoms with Crippen LogP contribution in [0.3, 0.4) is 0 Å². The molecule has 0 saturated carbocycles. The number of hydrogen-bond donors (Lipinski definition) is 1. The van der Waals surface area contributed by atoms with Crippen LogP contribution in [-0.2, 0) is 0 Å². The minimum Gasteiger partial charge on any atom is -0.353 e. The zero-order valence-corrected chi connectivity index (χ0v) is 13.6. The molecule has 3 rings (SSSR count). The molecule has 0 unspecified atom stereocenters. The lowest BCUT2D eigenvalue weighted by molar-refractivity contribution is 0.312. The van der Waals surface area contributed by atoms with Gasteiger partial charge in [0.15, 0.2) is 5.82 Å². The predicted molar refractivity (Wildman–Crippen MR) is 89.3 cm³/mol. The van der Waals surface area contributed by atoms with Crippen molar-refractivity contribution in [2.24, 2.45) is 0 Å². The van der Waals surface area contributed by atoms with Gasteiger partial charge in [0.2, 0.25) is 5.95 Å². The summed E-state index contributed by atoms with van der Waals surface area (Å²) >= 11 is 12.2. The highest BCUT2D eigenvalue weighted by atomic mass is 35.5.